The average molecular weight is 404 g/mol. The fourth-order valence-corrected chi connectivity index (χ4v) is 3.43. The SMILES string of the molecule is CCC[C@H](N)c1ccnc(-c2cc(OC)c3cnn(-c4cccc(CO)n4)c3c2)n1. The zero-order valence-electron chi connectivity index (χ0n) is 17.0. The predicted molar refractivity (Wildman–Crippen MR) is 114 cm³/mol. The van der Waals surface area contributed by atoms with Crippen LogP contribution in [-0.2, 0) is 6.61 Å². The van der Waals surface area contributed by atoms with Crippen molar-refractivity contribution in [3.8, 4) is 23.0 Å². The van der Waals surface area contributed by atoms with Gasteiger partial charge in [-0.3, -0.25) is 0 Å². The molecule has 30 heavy (non-hydrogen) atoms. The molecule has 3 aromatic heterocycles. The number of hydrogen-bond acceptors (Lipinski definition) is 7. The first-order valence-corrected chi connectivity index (χ1v) is 9.86. The summed E-state index contributed by atoms with van der Waals surface area (Å²) in [7, 11) is 1.62. The molecule has 1 atom stereocenters. The first-order chi connectivity index (χ1) is 14.6. The molecule has 4 rings (SSSR count). The maximum absolute atomic E-state index is 9.42. The van der Waals surface area contributed by atoms with Gasteiger partial charge in [0.1, 0.15) is 5.75 Å². The van der Waals surface area contributed by atoms with Gasteiger partial charge < -0.3 is 15.6 Å². The Labute approximate surface area is 174 Å². The molecule has 8 heteroatoms. The van der Waals surface area contributed by atoms with Crippen LogP contribution in [0.5, 0.6) is 5.75 Å². The lowest BCUT2D eigenvalue weighted by atomic mass is 10.1. The molecule has 0 spiro atoms. The molecule has 0 radical (unpaired) electrons. The van der Waals surface area contributed by atoms with Gasteiger partial charge in [-0.2, -0.15) is 5.10 Å². The quantitative estimate of drug-likeness (QED) is 0.486. The number of ether oxygens (including phenoxy) is 1. The number of aliphatic hydroxyl groups excluding tert-OH is 1. The number of nitrogens with two attached hydrogens (primary N) is 1. The molecule has 4 aromatic rings. The van der Waals surface area contributed by atoms with Gasteiger partial charge in [-0.1, -0.05) is 19.4 Å². The summed E-state index contributed by atoms with van der Waals surface area (Å²) >= 11 is 0. The van der Waals surface area contributed by atoms with Gasteiger partial charge >= 0.3 is 0 Å². The second kappa shape index (κ2) is 8.56. The molecule has 0 aliphatic heterocycles. The number of nitrogens with zero attached hydrogens (tertiary/aromatic N) is 5. The Bertz CT molecular complexity index is 1170. The molecule has 0 aliphatic rings. The van der Waals surface area contributed by atoms with Crippen molar-refractivity contribution in [1.29, 1.82) is 0 Å². The second-order valence-electron chi connectivity index (χ2n) is 7.01. The molecule has 0 unspecified atom stereocenters. The van der Waals surface area contributed by atoms with Crippen LogP contribution in [0.3, 0.4) is 0 Å². The zero-order chi connectivity index (χ0) is 21.1. The summed E-state index contributed by atoms with van der Waals surface area (Å²) in [4.78, 5) is 13.6. The summed E-state index contributed by atoms with van der Waals surface area (Å²) in [5.41, 5.74) is 9.23. The minimum atomic E-state index is -0.139. The predicted octanol–water partition coefficient (Wildman–Crippen LogP) is 3.18. The van der Waals surface area contributed by atoms with Crippen molar-refractivity contribution in [2.45, 2.75) is 32.4 Å². The van der Waals surface area contributed by atoms with Gasteiger partial charge in [-0.15, -0.1) is 0 Å². The number of aliphatic hydroxyl groups is 1. The van der Waals surface area contributed by atoms with Gasteiger partial charge in [0.25, 0.3) is 0 Å². The third-order valence-electron chi connectivity index (χ3n) is 4.96. The normalized spacial score (nSPS) is 12.3. The summed E-state index contributed by atoms with van der Waals surface area (Å²) in [6.07, 6.45) is 5.31. The number of aromatic nitrogens is 5. The molecule has 0 saturated heterocycles. The van der Waals surface area contributed by atoms with E-state index < -0.39 is 0 Å². The minimum absolute atomic E-state index is 0.127. The number of rotatable bonds is 7. The van der Waals surface area contributed by atoms with Crippen molar-refractivity contribution < 1.29 is 9.84 Å². The smallest absolute Gasteiger partial charge is 0.159 e. The fourth-order valence-electron chi connectivity index (χ4n) is 3.43. The van der Waals surface area contributed by atoms with Crippen LogP contribution in [0.2, 0.25) is 0 Å². The summed E-state index contributed by atoms with van der Waals surface area (Å²) in [6, 6.07) is 11.0. The number of benzene rings is 1. The van der Waals surface area contributed by atoms with E-state index in [9.17, 15) is 5.11 Å². The largest absolute Gasteiger partial charge is 0.496 e. The Hall–Kier alpha value is -3.36. The minimum Gasteiger partial charge on any atom is -0.496 e. The van der Waals surface area contributed by atoms with Crippen molar-refractivity contribution in [2.75, 3.05) is 7.11 Å². The molecule has 1 aromatic carbocycles. The molecular formula is C22H24N6O2. The lowest BCUT2D eigenvalue weighted by molar-refractivity contribution is 0.276. The molecule has 0 amide bonds. The summed E-state index contributed by atoms with van der Waals surface area (Å²) in [6.45, 7) is 1.96. The topological polar surface area (TPSA) is 112 Å². The Morgan fingerprint density at radius 3 is 2.83 bits per heavy atom. The molecule has 0 bridgehead atoms. The van der Waals surface area contributed by atoms with Gasteiger partial charge in [0, 0.05) is 17.8 Å². The Morgan fingerprint density at radius 1 is 1.20 bits per heavy atom. The van der Waals surface area contributed by atoms with E-state index in [1.54, 1.807) is 30.3 Å². The highest BCUT2D eigenvalue weighted by Gasteiger charge is 2.16. The first kappa shape index (κ1) is 19.9. The van der Waals surface area contributed by atoms with Crippen LogP contribution in [0.1, 0.15) is 37.2 Å². The van der Waals surface area contributed by atoms with Gasteiger partial charge in [0.2, 0.25) is 0 Å². The van der Waals surface area contributed by atoms with E-state index in [-0.39, 0.29) is 12.6 Å². The van der Waals surface area contributed by atoms with Crippen molar-refractivity contribution in [3.05, 3.63) is 60.2 Å². The van der Waals surface area contributed by atoms with E-state index in [0.29, 0.717) is 23.1 Å². The van der Waals surface area contributed by atoms with E-state index in [1.165, 1.54) is 0 Å². The third kappa shape index (κ3) is 3.74. The van der Waals surface area contributed by atoms with Crippen molar-refractivity contribution in [1.82, 2.24) is 24.7 Å². The van der Waals surface area contributed by atoms with Crippen LogP contribution in [0.4, 0.5) is 0 Å². The lowest BCUT2D eigenvalue weighted by Gasteiger charge is -2.12. The molecular weight excluding hydrogens is 380 g/mol. The standard InChI is InChI=1S/C22H24N6O2/c1-3-5-17(23)18-8-9-24-22(27-18)14-10-19-16(20(11-14)30-2)12-25-28(19)21-7-4-6-15(13-29)26-21/h4,6-12,17,29H,3,5,13,23H2,1-2H3/t17-/m0/s1. The van der Waals surface area contributed by atoms with Crippen LogP contribution in [0.25, 0.3) is 28.1 Å². The number of pyridine rings is 1. The summed E-state index contributed by atoms with van der Waals surface area (Å²) in [5.74, 6) is 1.85. The molecule has 0 fully saturated rings. The van der Waals surface area contributed by atoms with E-state index in [4.69, 9.17) is 10.5 Å². The maximum Gasteiger partial charge on any atom is 0.159 e. The van der Waals surface area contributed by atoms with E-state index in [0.717, 1.165) is 35.0 Å². The summed E-state index contributed by atoms with van der Waals surface area (Å²) in [5, 5.41) is 14.7. The number of fused-ring (bicyclic) bond motifs is 1. The Morgan fingerprint density at radius 2 is 2.07 bits per heavy atom. The van der Waals surface area contributed by atoms with Crippen molar-refractivity contribution >= 4 is 10.9 Å². The van der Waals surface area contributed by atoms with Crippen LogP contribution >= 0.6 is 0 Å². The second-order valence-corrected chi connectivity index (χ2v) is 7.01. The van der Waals surface area contributed by atoms with E-state index in [2.05, 4.69) is 27.0 Å². The van der Waals surface area contributed by atoms with Crippen LogP contribution in [0.15, 0.2) is 48.8 Å². The Kier molecular flexibility index (Phi) is 5.69. The van der Waals surface area contributed by atoms with Gasteiger partial charge in [0.15, 0.2) is 11.6 Å². The highest BCUT2D eigenvalue weighted by Crippen LogP contribution is 2.32. The monoisotopic (exact) mass is 404 g/mol. The van der Waals surface area contributed by atoms with Crippen LogP contribution < -0.4 is 10.5 Å². The molecule has 3 heterocycles. The Balaban J connectivity index is 1.85. The van der Waals surface area contributed by atoms with E-state index in [1.807, 2.05) is 30.3 Å². The number of hydrogen-bond donors (Lipinski definition) is 2. The number of methoxy groups -OCH3 is 1. The molecule has 154 valence electrons. The lowest BCUT2D eigenvalue weighted by Crippen LogP contribution is -2.12. The average Bonchev–Trinajstić information content (AvgIpc) is 3.23. The maximum atomic E-state index is 9.42. The van der Waals surface area contributed by atoms with Crippen LogP contribution in [-0.4, -0.2) is 36.9 Å². The fraction of sp³-hybridized carbons (Fsp3) is 0.273. The highest BCUT2D eigenvalue weighted by molar-refractivity contribution is 5.90. The highest BCUT2D eigenvalue weighted by atomic mass is 16.5. The molecule has 3 N–H and O–H groups in total. The van der Waals surface area contributed by atoms with Gasteiger partial charge in [0.05, 0.1) is 42.2 Å². The summed E-state index contributed by atoms with van der Waals surface area (Å²) < 4.78 is 7.32. The zero-order valence-corrected chi connectivity index (χ0v) is 17.0. The van der Waals surface area contributed by atoms with Crippen LogP contribution in [0, 0.1) is 0 Å². The first-order valence-electron chi connectivity index (χ1n) is 9.86. The van der Waals surface area contributed by atoms with Gasteiger partial charge in [-0.25, -0.2) is 19.6 Å². The molecule has 8 nitrogen and oxygen atoms in total. The molecule has 0 saturated carbocycles. The van der Waals surface area contributed by atoms with E-state index >= 15 is 0 Å². The molecule has 0 aliphatic carbocycles. The van der Waals surface area contributed by atoms with Crippen molar-refractivity contribution in [3.63, 3.8) is 0 Å². The van der Waals surface area contributed by atoms with Crippen molar-refractivity contribution in [2.24, 2.45) is 5.73 Å². The van der Waals surface area contributed by atoms with Gasteiger partial charge in [-0.05, 0) is 36.8 Å². The third-order valence-corrected chi connectivity index (χ3v) is 4.96.